The van der Waals surface area contributed by atoms with Crippen LogP contribution in [0.15, 0.2) is 24.5 Å². The lowest BCUT2D eigenvalue weighted by Gasteiger charge is -2.48. The maximum Gasteiger partial charge on any atom is 0.220 e. The molecule has 1 aromatic heterocycles. The van der Waals surface area contributed by atoms with Crippen LogP contribution in [0.4, 0.5) is 0 Å². The largest absolute Gasteiger partial charge is 0.381 e. The molecule has 0 spiro atoms. The van der Waals surface area contributed by atoms with E-state index in [1.807, 2.05) is 12.1 Å². The zero-order valence-corrected chi connectivity index (χ0v) is 14.5. The van der Waals surface area contributed by atoms with E-state index in [-0.39, 0.29) is 11.4 Å². The zero-order valence-electron chi connectivity index (χ0n) is 14.5. The first kappa shape index (κ1) is 17.4. The summed E-state index contributed by atoms with van der Waals surface area (Å²) < 4.78 is 5.58. The monoisotopic (exact) mass is 331 g/mol. The highest BCUT2D eigenvalue weighted by Crippen LogP contribution is 2.30. The molecule has 2 fully saturated rings. The van der Waals surface area contributed by atoms with Gasteiger partial charge in [0.2, 0.25) is 5.91 Å². The molecule has 0 radical (unpaired) electrons. The fourth-order valence-corrected chi connectivity index (χ4v) is 3.88. The summed E-state index contributed by atoms with van der Waals surface area (Å²) in [4.78, 5) is 18.9. The molecule has 0 atom stereocenters. The van der Waals surface area contributed by atoms with Crippen LogP contribution >= 0.6 is 0 Å². The van der Waals surface area contributed by atoms with Gasteiger partial charge in [0.05, 0.1) is 0 Å². The standard InChI is InChI=1S/C19H29N3O2/c23-18(5-4-17-6-10-20-11-7-17)21-16-19(8-14-24-15-9-19)22-12-2-1-3-13-22/h6-7,10-11H,1-5,8-9,12-16H2,(H,21,23). The Labute approximate surface area is 144 Å². The number of ether oxygens (including phenoxy) is 1. The fourth-order valence-electron chi connectivity index (χ4n) is 3.88. The first-order valence-corrected chi connectivity index (χ1v) is 9.27. The molecule has 2 aliphatic rings. The number of pyridine rings is 1. The van der Waals surface area contributed by atoms with E-state index >= 15 is 0 Å². The predicted molar refractivity (Wildman–Crippen MR) is 93.8 cm³/mol. The van der Waals surface area contributed by atoms with Crippen molar-refractivity contribution in [3.05, 3.63) is 30.1 Å². The first-order valence-electron chi connectivity index (χ1n) is 9.27. The van der Waals surface area contributed by atoms with Crippen molar-refractivity contribution in [3.63, 3.8) is 0 Å². The Morgan fingerprint density at radius 3 is 2.58 bits per heavy atom. The molecule has 0 aromatic carbocycles. The molecular formula is C19H29N3O2. The van der Waals surface area contributed by atoms with Crippen molar-refractivity contribution in [3.8, 4) is 0 Å². The van der Waals surface area contributed by atoms with Crippen molar-refractivity contribution in [1.29, 1.82) is 0 Å². The summed E-state index contributed by atoms with van der Waals surface area (Å²) in [6.07, 6.45) is 10.8. The number of hydrogen-bond acceptors (Lipinski definition) is 4. The van der Waals surface area contributed by atoms with E-state index in [1.54, 1.807) is 12.4 Å². The van der Waals surface area contributed by atoms with Gasteiger partial charge in [-0.25, -0.2) is 0 Å². The number of hydrogen-bond donors (Lipinski definition) is 1. The number of aromatic nitrogens is 1. The van der Waals surface area contributed by atoms with Crippen LogP contribution in [0.2, 0.25) is 0 Å². The van der Waals surface area contributed by atoms with Crippen LogP contribution in [0.3, 0.4) is 0 Å². The molecule has 1 amide bonds. The molecule has 3 rings (SSSR count). The van der Waals surface area contributed by atoms with Crippen LogP contribution in [-0.4, -0.2) is 54.2 Å². The fraction of sp³-hybridized carbons (Fsp3) is 0.684. The third-order valence-electron chi connectivity index (χ3n) is 5.46. The van der Waals surface area contributed by atoms with Gasteiger partial charge in [-0.1, -0.05) is 6.42 Å². The highest BCUT2D eigenvalue weighted by Gasteiger charge is 2.39. The molecule has 2 saturated heterocycles. The number of rotatable bonds is 6. The van der Waals surface area contributed by atoms with E-state index in [0.717, 1.165) is 57.7 Å². The van der Waals surface area contributed by atoms with Crippen molar-refractivity contribution in [2.75, 3.05) is 32.8 Å². The minimum atomic E-state index is 0.102. The molecule has 3 heterocycles. The number of nitrogens with one attached hydrogen (secondary N) is 1. The van der Waals surface area contributed by atoms with E-state index in [0.29, 0.717) is 6.42 Å². The highest BCUT2D eigenvalue weighted by atomic mass is 16.5. The second kappa shape index (κ2) is 8.58. The Kier molecular flexibility index (Phi) is 6.21. The molecule has 0 unspecified atom stereocenters. The smallest absolute Gasteiger partial charge is 0.220 e. The lowest BCUT2D eigenvalue weighted by molar-refractivity contribution is -0.122. The molecule has 1 N–H and O–H groups in total. The van der Waals surface area contributed by atoms with Crippen molar-refractivity contribution in [2.24, 2.45) is 0 Å². The molecule has 0 aliphatic carbocycles. The predicted octanol–water partition coefficient (Wildman–Crippen LogP) is 2.17. The third-order valence-corrected chi connectivity index (χ3v) is 5.46. The van der Waals surface area contributed by atoms with Crippen molar-refractivity contribution in [2.45, 2.75) is 50.5 Å². The van der Waals surface area contributed by atoms with Crippen LogP contribution in [0.5, 0.6) is 0 Å². The van der Waals surface area contributed by atoms with Crippen LogP contribution in [0, 0.1) is 0 Å². The second-order valence-electron chi connectivity index (χ2n) is 7.02. The minimum absolute atomic E-state index is 0.102. The van der Waals surface area contributed by atoms with Crippen molar-refractivity contribution < 1.29 is 9.53 Å². The number of aryl methyl sites for hydroxylation is 1. The molecule has 5 nitrogen and oxygen atoms in total. The molecule has 0 bridgehead atoms. The first-order chi connectivity index (χ1) is 11.8. The van der Waals surface area contributed by atoms with Crippen LogP contribution in [-0.2, 0) is 16.0 Å². The van der Waals surface area contributed by atoms with Gasteiger partial charge in [-0.2, -0.15) is 0 Å². The van der Waals surface area contributed by atoms with Gasteiger partial charge < -0.3 is 10.1 Å². The average Bonchev–Trinajstić information content (AvgIpc) is 2.67. The summed E-state index contributed by atoms with van der Waals surface area (Å²) in [5.74, 6) is 0.148. The average molecular weight is 331 g/mol. The quantitative estimate of drug-likeness (QED) is 0.868. The highest BCUT2D eigenvalue weighted by molar-refractivity contribution is 5.76. The van der Waals surface area contributed by atoms with Crippen LogP contribution < -0.4 is 5.32 Å². The molecule has 132 valence electrons. The van der Waals surface area contributed by atoms with Gasteiger partial charge in [0.1, 0.15) is 0 Å². The van der Waals surface area contributed by atoms with Gasteiger partial charge in [0.25, 0.3) is 0 Å². The van der Waals surface area contributed by atoms with Gasteiger partial charge in [-0.3, -0.25) is 14.7 Å². The van der Waals surface area contributed by atoms with Crippen LogP contribution in [0.25, 0.3) is 0 Å². The molecule has 0 saturated carbocycles. The summed E-state index contributed by atoms with van der Waals surface area (Å²) >= 11 is 0. The normalized spacial score (nSPS) is 21.3. The summed E-state index contributed by atoms with van der Waals surface area (Å²) in [6.45, 7) is 4.69. The van der Waals surface area contributed by atoms with Crippen molar-refractivity contribution in [1.82, 2.24) is 15.2 Å². The maximum absolute atomic E-state index is 12.3. The lowest BCUT2D eigenvalue weighted by Crippen LogP contribution is -2.59. The molecule has 5 heteroatoms. The number of nitrogens with zero attached hydrogens (tertiary/aromatic N) is 2. The lowest BCUT2D eigenvalue weighted by atomic mass is 9.86. The minimum Gasteiger partial charge on any atom is -0.381 e. The summed E-state index contributed by atoms with van der Waals surface area (Å²) in [7, 11) is 0. The SMILES string of the molecule is O=C(CCc1ccncc1)NCC1(N2CCCCC2)CCOCC1. The summed E-state index contributed by atoms with van der Waals surface area (Å²) in [5, 5.41) is 3.21. The number of likely N-dealkylation sites (tertiary alicyclic amines) is 1. The Morgan fingerprint density at radius 2 is 1.88 bits per heavy atom. The van der Waals surface area contributed by atoms with E-state index in [1.165, 1.54) is 19.3 Å². The maximum atomic E-state index is 12.3. The number of carbonyl (C=O) groups is 1. The molecule has 2 aliphatic heterocycles. The van der Waals surface area contributed by atoms with Gasteiger partial charge in [0, 0.05) is 44.1 Å². The number of piperidine rings is 1. The van der Waals surface area contributed by atoms with Crippen LogP contribution in [0.1, 0.15) is 44.1 Å². The molecule has 1 aromatic rings. The third kappa shape index (κ3) is 4.54. The topological polar surface area (TPSA) is 54.5 Å². The molecule has 24 heavy (non-hydrogen) atoms. The Bertz CT molecular complexity index is 509. The number of carbonyl (C=O) groups excluding carboxylic acids is 1. The Morgan fingerprint density at radius 1 is 1.17 bits per heavy atom. The summed E-state index contributed by atoms with van der Waals surface area (Å²) in [5.41, 5.74) is 1.27. The van der Waals surface area contributed by atoms with Gasteiger partial charge in [-0.05, 0) is 62.9 Å². The van der Waals surface area contributed by atoms with E-state index in [4.69, 9.17) is 4.74 Å². The van der Waals surface area contributed by atoms with Gasteiger partial charge in [0.15, 0.2) is 0 Å². The van der Waals surface area contributed by atoms with Gasteiger partial charge >= 0.3 is 0 Å². The van der Waals surface area contributed by atoms with E-state index in [9.17, 15) is 4.79 Å². The van der Waals surface area contributed by atoms with Crippen molar-refractivity contribution >= 4 is 5.91 Å². The van der Waals surface area contributed by atoms with Gasteiger partial charge in [-0.15, -0.1) is 0 Å². The zero-order chi connectivity index (χ0) is 16.7. The van der Waals surface area contributed by atoms with E-state index in [2.05, 4.69) is 15.2 Å². The number of amides is 1. The Hall–Kier alpha value is -1.46. The molecular weight excluding hydrogens is 302 g/mol. The summed E-state index contributed by atoms with van der Waals surface area (Å²) in [6, 6.07) is 3.95. The second-order valence-corrected chi connectivity index (χ2v) is 7.02. The Balaban J connectivity index is 1.52. The van der Waals surface area contributed by atoms with E-state index < -0.39 is 0 Å².